The number of benzene rings is 2. The van der Waals surface area contributed by atoms with Crippen molar-refractivity contribution in [2.24, 2.45) is 5.73 Å². The van der Waals surface area contributed by atoms with Crippen molar-refractivity contribution in [1.29, 1.82) is 0 Å². The molecule has 1 heterocycles. The first-order valence-corrected chi connectivity index (χ1v) is 8.81. The van der Waals surface area contributed by atoms with Gasteiger partial charge in [-0.2, -0.15) is 11.6 Å². The van der Waals surface area contributed by atoms with Crippen molar-refractivity contribution in [2.45, 2.75) is 6.54 Å². The molecule has 0 unspecified atom stereocenters. The van der Waals surface area contributed by atoms with Gasteiger partial charge in [-0.25, -0.2) is 14.2 Å². The Kier molecular flexibility index (Phi) is 6.54. The summed E-state index contributed by atoms with van der Waals surface area (Å²) in [5.41, 5.74) is 6.99. The lowest BCUT2D eigenvalue weighted by Crippen LogP contribution is -2.17. The maximum absolute atomic E-state index is 13.4. The highest BCUT2D eigenvalue weighted by atomic mass is 19.1. The molecule has 11 heteroatoms. The minimum absolute atomic E-state index is 0.0688. The first kappa shape index (κ1) is 21.0. The first-order chi connectivity index (χ1) is 14.9. The van der Waals surface area contributed by atoms with E-state index >= 15 is 0 Å². The second-order valence-electron chi connectivity index (χ2n) is 6.10. The van der Waals surface area contributed by atoms with Crippen LogP contribution in [0.1, 0.15) is 15.9 Å². The smallest absolute Gasteiger partial charge is 0.365 e. The minimum Gasteiger partial charge on any atom is -0.365 e. The average molecular weight is 421 g/mol. The molecule has 1 aromatic heterocycles. The molecule has 0 atom stereocenters. The van der Waals surface area contributed by atoms with Crippen LogP contribution in [0.5, 0.6) is 0 Å². The molecular formula is C20H16FN7O3. The number of carbonyl (C=O) groups excluding carboxylic acids is 2. The second-order valence-corrected chi connectivity index (χ2v) is 6.10. The normalized spacial score (nSPS) is 9.94. The van der Waals surface area contributed by atoms with Crippen molar-refractivity contribution in [2.75, 3.05) is 16.0 Å². The van der Waals surface area contributed by atoms with Crippen molar-refractivity contribution in [3.05, 3.63) is 83.3 Å². The topological polar surface area (TPSA) is 136 Å². The van der Waals surface area contributed by atoms with Crippen LogP contribution in [0, 0.1) is 12.4 Å². The molecule has 3 rings (SSSR count). The molecule has 0 fully saturated rings. The zero-order valence-corrected chi connectivity index (χ0v) is 15.9. The Morgan fingerprint density at radius 1 is 1.16 bits per heavy atom. The Morgan fingerprint density at radius 3 is 2.68 bits per heavy atom. The highest BCUT2D eigenvalue weighted by molar-refractivity contribution is 5.97. The molecule has 0 radical (unpaired) electrons. The third kappa shape index (κ3) is 5.88. The quantitative estimate of drug-likeness (QED) is 0.339. The predicted molar refractivity (Wildman–Crippen MR) is 111 cm³/mol. The number of carbonyl (C=O) groups is 2. The van der Waals surface area contributed by atoms with E-state index in [9.17, 15) is 14.0 Å². The molecule has 0 saturated carbocycles. The van der Waals surface area contributed by atoms with Gasteiger partial charge in [-0.05, 0) is 40.9 Å². The maximum atomic E-state index is 13.4. The molecule has 31 heavy (non-hydrogen) atoms. The number of nitrogens with two attached hydrogens (primary N) is 1. The van der Waals surface area contributed by atoms with Gasteiger partial charge in [0.2, 0.25) is 5.95 Å². The fourth-order valence-corrected chi connectivity index (χ4v) is 2.58. The Morgan fingerprint density at radius 2 is 1.94 bits per heavy atom. The highest BCUT2D eigenvalue weighted by Gasteiger charge is 2.13. The minimum atomic E-state index is -0.918. The summed E-state index contributed by atoms with van der Waals surface area (Å²) in [6.07, 6.45) is 0.346. The van der Waals surface area contributed by atoms with Crippen molar-refractivity contribution in [3.8, 4) is 0 Å². The molecule has 0 aliphatic carbocycles. The summed E-state index contributed by atoms with van der Waals surface area (Å²) in [6, 6.07) is 12.5. The molecule has 0 bridgehead atoms. The number of hydrogen-bond donors (Lipinski definition) is 4. The summed E-state index contributed by atoms with van der Waals surface area (Å²) in [6.45, 7) is 6.72. The van der Waals surface area contributed by atoms with Crippen molar-refractivity contribution >= 4 is 35.1 Å². The van der Waals surface area contributed by atoms with E-state index in [-0.39, 0.29) is 29.7 Å². The standard InChI is InChI=1S/C20H16FN7O3/c1-23-31-20(30)27-15-7-3-6-14(9-15)26-19-25-11-16(17(22)29)18(28-19)24-10-12-4-2-5-13(21)8-12/h2-9,11H,10H2,(H2,22,29)(H,27,30)(H2,24,25,26,28). The second kappa shape index (κ2) is 9.66. The van der Waals surface area contributed by atoms with Crippen LogP contribution in [0.2, 0.25) is 0 Å². The van der Waals surface area contributed by atoms with Crippen LogP contribution >= 0.6 is 0 Å². The van der Waals surface area contributed by atoms with Crippen LogP contribution in [0.4, 0.5) is 32.3 Å². The van der Waals surface area contributed by atoms with Gasteiger partial charge in [-0.1, -0.05) is 23.0 Å². The molecular weight excluding hydrogens is 405 g/mol. The number of nitrogens with zero attached hydrogens (tertiary/aromatic N) is 3. The third-order valence-electron chi connectivity index (χ3n) is 3.90. The van der Waals surface area contributed by atoms with E-state index < -0.39 is 12.0 Å². The lowest BCUT2D eigenvalue weighted by molar-refractivity contribution is 0.100. The molecule has 5 N–H and O–H groups in total. The third-order valence-corrected chi connectivity index (χ3v) is 3.90. The lowest BCUT2D eigenvalue weighted by atomic mass is 10.2. The van der Waals surface area contributed by atoms with Crippen LogP contribution in [0.15, 0.2) is 54.7 Å². The van der Waals surface area contributed by atoms with Gasteiger partial charge in [0.25, 0.3) is 5.91 Å². The fraction of sp³-hybridized carbons (Fsp3) is 0.0500. The van der Waals surface area contributed by atoms with Gasteiger partial charge in [0, 0.05) is 24.1 Å². The van der Waals surface area contributed by atoms with E-state index in [1.165, 1.54) is 18.3 Å². The van der Waals surface area contributed by atoms with Gasteiger partial charge in [-0.15, -0.1) is 0 Å². The molecule has 156 valence electrons. The lowest BCUT2D eigenvalue weighted by Gasteiger charge is -2.12. The number of nitrogens with one attached hydrogen (secondary N) is 3. The molecule has 0 aliphatic rings. The van der Waals surface area contributed by atoms with Crippen LogP contribution in [0.25, 0.3) is 5.01 Å². The Balaban J connectivity index is 1.78. The average Bonchev–Trinajstić information content (AvgIpc) is 2.72. The van der Waals surface area contributed by atoms with Crippen LogP contribution in [0.3, 0.4) is 0 Å². The van der Waals surface area contributed by atoms with Gasteiger partial charge in [0.1, 0.15) is 11.6 Å². The van der Waals surface area contributed by atoms with E-state index in [0.717, 1.165) is 0 Å². The Labute approximate surface area is 176 Å². The highest BCUT2D eigenvalue weighted by Crippen LogP contribution is 2.21. The van der Waals surface area contributed by atoms with Gasteiger partial charge < -0.3 is 16.4 Å². The summed E-state index contributed by atoms with van der Waals surface area (Å²) in [4.78, 5) is 35.6. The summed E-state index contributed by atoms with van der Waals surface area (Å²) in [7, 11) is 0. The maximum Gasteiger partial charge on any atom is 0.495 e. The van der Waals surface area contributed by atoms with Crippen molar-refractivity contribution in [1.82, 2.24) is 9.97 Å². The number of halogens is 1. The van der Waals surface area contributed by atoms with E-state index in [0.29, 0.717) is 16.9 Å². The molecule has 0 saturated heterocycles. The summed E-state index contributed by atoms with van der Waals surface area (Å²) in [5, 5.41) is 10.8. The number of amides is 2. The van der Waals surface area contributed by atoms with Gasteiger partial charge in [0.05, 0.1) is 5.56 Å². The zero-order valence-electron chi connectivity index (χ0n) is 15.9. The Hall–Kier alpha value is -4.72. The van der Waals surface area contributed by atoms with Crippen LogP contribution in [-0.2, 0) is 11.4 Å². The number of aromatic nitrogens is 2. The van der Waals surface area contributed by atoms with E-state index in [4.69, 9.17) is 12.3 Å². The Bertz CT molecular complexity index is 1160. The van der Waals surface area contributed by atoms with E-state index in [2.05, 4.69) is 35.8 Å². The van der Waals surface area contributed by atoms with Gasteiger partial charge in [0.15, 0.2) is 0 Å². The number of rotatable bonds is 7. The van der Waals surface area contributed by atoms with Crippen molar-refractivity contribution in [3.63, 3.8) is 0 Å². The summed E-state index contributed by atoms with van der Waals surface area (Å²) in [5.74, 6) is -0.789. The predicted octanol–water partition coefficient (Wildman–Crippen LogP) is 3.45. The molecule has 2 amide bonds. The SMILES string of the molecule is [C-]#[N+]OC(=O)Nc1cccc(Nc2ncc(C(N)=O)c(NCc3cccc(F)c3)n2)c1. The van der Waals surface area contributed by atoms with Crippen LogP contribution in [-0.4, -0.2) is 22.0 Å². The number of primary amides is 1. The zero-order chi connectivity index (χ0) is 22.2. The molecule has 0 spiro atoms. The molecule has 10 nitrogen and oxygen atoms in total. The summed E-state index contributed by atoms with van der Waals surface area (Å²) >= 11 is 0. The molecule has 2 aromatic carbocycles. The monoisotopic (exact) mass is 421 g/mol. The van der Waals surface area contributed by atoms with Gasteiger partial charge in [-0.3, -0.25) is 10.1 Å². The molecule has 0 aliphatic heterocycles. The summed E-state index contributed by atoms with van der Waals surface area (Å²) < 4.78 is 13.4. The fourth-order valence-electron chi connectivity index (χ4n) is 2.58. The van der Waals surface area contributed by atoms with Crippen LogP contribution < -0.4 is 21.7 Å². The largest absolute Gasteiger partial charge is 0.495 e. The first-order valence-electron chi connectivity index (χ1n) is 8.81. The van der Waals surface area contributed by atoms with E-state index in [1.54, 1.807) is 36.4 Å². The number of anilines is 4. The van der Waals surface area contributed by atoms with Gasteiger partial charge >= 0.3 is 6.09 Å². The van der Waals surface area contributed by atoms with E-state index in [1.807, 2.05) is 0 Å². The molecule has 3 aromatic rings. The van der Waals surface area contributed by atoms with Crippen molar-refractivity contribution < 1.29 is 18.8 Å². The number of hydrogen-bond acceptors (Lipinski definition) is 7.